The Hall–Kier alpha value is -3.00. The molecule has 0 bridgehead atoms. The Kier molecular flexibility index (Phi) is 7.73. The maximum Gasteiger partial charge on any atom is 0.269 e. The average Bonchev–Trinajstić information content (AvgIpc) is 2.77. The molecule has 0 aliphatic carbocycles. The third-order valence-electron chi connectivity index (χ3n) is 4.55. The smallest absolute Gasteiger partial charge is 0.269 e. The molecule has 3 amide bonds. The van der Waals surface area contributed by atoms with Gasteiger partial charge in [0.15, 0.2) is 0 Å². The van der Waals surface area contributed by atoms with Crippen molar-refractivity contribution in [3.8, 4) is 5.75 Å². The molecule has 0 unspecified atom stereocenters. The third-order valence-corrected chi connectivity index (χ3v) is 5.62. The molecule has 0 saturated heterocycles. The Bertz CT molecular complexity index is 915. The standard InChI is InChI=1S/C22H25N3O4S/c1-2-3-4-5-12-29-17-9-6-15(7-10-17)21(27)24-25-22(28)16-8-11-19-18(13-16)23-20(26)14-30-19/h6-11,13H,2-5,12,14H2,1H3,(H,23,26)(H,24,27)(H,25,28). The summed E-state index contributed by atoms with van der Waals surface area (Å²) >= 11 is 1.42. The molecule has 0 atom stereocenters. The van der Waals surface area contributed by atoms with E-state index in [9.17, 15) is 14.4 Å². The predicted octanol–water partition coefficient (Wildman–Crippen LogP) is 3.76. The zero-order valence-corrected chi connectivity index (χ0v) is 17.6. The molecule has 1 aliphatic rings. The lowest BCUT2D eigenvalue weighted by Gasteiger charge is -2.17. The Balaban J connectivity index is 1.48. The zero-order valence-electron chi connectivity index (χ0n) is 16.8. The summed E-state index contributed by atoms with van der Waals surface area (Å²) in [7, 11) is 0. The van der Waals surface area contributed by atoms with E-state index >= 15 is 0 Å². The number of hydrogen-bond acceptors (Lipinski definition) is 5. The Morgan fingerprint density at radius 3 is 2.43 bits per heavy atom. The second kappa shape index (κ2) is 10.7. The van der Waals surface area contributed by atoms with Crippen LogP contribution in [-0.2, 0) is 4.79 Å². The lowest BCUT2D eigenvalue weighted by atomic mass is 10.2. The number of anilines is 1. The fourth-order valence-corrected chi connectivity index (χ4v) is 3.69. The van der Waals surface area contributed by atoms with E-state index in [0.29, 0.717) is 34.9 Å². The van der Waals surface area contributed by atoms with Gasteiger partial charge in [0.1, 0.15) is 5.75 Å². The van der Waals surface area contributed by atoms with Crippen LogP contribution < -0.4 is 20.9 Å². The summed E-state index contributed by atoms with van der Waals surface area (Å²) in [6, 6.07) is 11.8. The molecule has 3 rings (SSSR count). The summed E-state index contributed by atoms with van der Waals surface area (Å²) in [4.78, 5) is 37.0. The molecule has 2 aromatic carbocycles. The normalized spacial score (nSPS) is 12.5. The van der Waals surface area contributed by atoms with Gasteiger partial charge in [0.2, 0.25) is 5.91 Å². The topological polar surface area (TPSA) is 96.5 Å². The number of fused-ring (bicyclic) bond motifs is 1. The number of carbonyl (C=O) groups is 3. The molecule has 0 radical (unpaired) electrons. The Labute approximate surface area is 179 Å². The number of rotatable bonds is 8. The lowest BCUT2D eigenvalue weighted by Crippen LogP contribution is -2.41. The number of unbranched alkanes of at least 4 members (excludes halogenated alkanes) is 3. The molecule has 3 N–H and O–H groups in total. The molecule has 0 saturated carbocycles. The van der Waals surface area contributed by atoms with Crippen LogP contribution in [0.2, 0.25) is 0 Å². The molecule has 1 aliphatic heterocycles. The van der Waals surface area contributed by atoms with Crippen LogP contribution in [0.15, 0.2) is 47.4 Å². The highest BCUT2D eigenvalue weighted by Gasteiger charge is 2.17. The minimum atomic E-state index is -0.469. The summed E-state index contributed by atoms with van der Waals surface area (Å²) in [5, 5.41) is 2.74. The van der Waals surface area contributed by atoms with E-state index in [1.807, 2.05) is 0 Å². The number of hydrazine groups is 1. The highest BCUT2D eigenvalue weighted by molar-refractivity contribution is 8.00. The third kappa shape index (κ3) is 6.00. The van der Waals surface area contributed by atoms with Crippen molar-refractivity contribution >= 4 is 35.2 Å². The number of ether oxygens (including phenoxy) is 1. The Morgan fingerprint density at radius 1 is 1.00 bits per heavy atom. The highest BCUT2D eigenvalue weighted by atomic mass is 32.2. The van der Waals surface area contributed by atoms with Gasteiger partial charge >= 0.3 is 0 Å². The zero-order chi connectivity index (χ0) is 21.3. The molecule has 158 valence electrons. The summed E-state index contributed by atoms with van der Waals surface area (Å²) in [6.07, 6.45) is 4.54. The van der Waals surface area contributed by atoms with Gasteiger partial charge in [0, 0.05) is 16.0 Å². The van der Waals surface area contributed by atoms with Crippen LogP contribution in [0.1, 0.15) is 53.3 Å². The SMILES string of the molecule is CCCCCCOc1ccc(C(=O)NNC(=O)c2ccc3c(c2)NC(=O)CS3)cc1. The number of amides is 3. The highest BCUT2D eigenvalue weighted by Crippen LogP contribution is 2.31. The maximum atomic E-state index is 12.3. The first-order valence-electron chi connectivity index (χ1n) is 9.97. The van der Waals surface area contributed by atoms with Crippen molar-refractivity contribution in [1.29, 1.82) is 0 Å². The van der Waals surface area contributed by atoms with Crippen LogP contribution in [0.25, 0.3) is 0 Å². The van der Waals surface area contributed by atoms with Gasteiger partial charge in [-0.3, -0.25) is 25.2 Å². The summed E-state index contributed by atoms with van der Waals surface area (Å²) in [5.41, 5.74) is 6.13. The van der Waals surface area contributed by atoms with Crippen LogP contribution in [0.5, 0.6) is 5.75 Å². The molecular weight excluding hydrogens is 402 g/mol. The largest absolute Gasteiger partial charge is 0.494 e. The maximum absolute atomic E-state index is 12.3. The van der Waals surface area contributed by atoms with Gasteiger partial charge in [-0.25, -0.2) is 0 Å². The molecule has 2 aromatic rings. The van der Waals surface area contributed by atoms with Crippen LogP contribution in [0.4, 0.5) is 5.69 Å². The molecule has 7 nitrogen and oxygen atoms in total. The minimum Gasteiger partial charge on any atom is -0.494 e. The number of benzene rings is 2. The first-order valence-corrected chi connectivity index (χ1v) is 11.0. The monoisotopic (exact) mass is 427 g/mol. The van der Waals surface area contributed by atoms with E-state index in [2.05, 4.69) is 23.1 Å². The summed E-state index contributed by atoms with van der Waals surface area (Å²) in [5.74, 6) is 0.0626. The van der Waals surface area contributed by atoms with Crippen molar-refractivity contribution in [1.82, 2.24) is 10.9 Å². The van der Waals surface area contributed by atoms with Crippen LogP contribution >= 0.6 is 11.8 Å². The van der Waals surface area contributed by atoms with E-state index in [4.69, 9.17) is 4.74 Å². The molecule has 1 heterocycles. The van der Waals surface area contributed by atoms with Gasteiger partial charge in [0.05, 0.1) is 18.0 Å². The van der Waals surface area contributed by atoms with Gasteiger partial charge in [-0.15, -0.1) is 11.8 Å². The number of nitrogens with one attached hydrogen (secondary N) is 3. The lowest BCUT2D eigenvalue weighted by molar-refractivity contribution is -0.113. The van der Waals surface area contributed by atoms with Crippen LogP contribution in [0.3, 0.4) is 0 Å². The summed E-state index contributed by atoms with van der Waals surface area (Å²) < 4.78 is 5.66. The Morgan fingerprint density at radius 2 is 1.70 bits per heavy atom. The second-order valence-electron chi connectivity index (χ2n) is 6.89. The number of carbonyl (C=O) groups excluding carboxylic acids is 3. The number of thioether (sulfide) groups is 1. The molecule has 0 fully saturated rings. The molecule has 0 spiro atoms. The van der Waals surface area contributed by atoms with E-state index < -0.39 is 11.8 Å². The first kappa shape index (κ1) is 21.7. The van der Waals surface area contributed by atoms with Crippen molar-refractivity contribution < 1.29 is 19.1 Å². The molecule has 30 heavy (non-hydrogen) atoms. The van der Waals surface area contributed by atoms with E-state index in [-0.39, 0.29) is 5.91 Å². The minimum absolute atomic E-state index is 0.105. The van der Waals surface area contributed by atoms with Crippen molar-refractivity contribution in [2.24, 2.45) is 0 Å². The molecule has 8 heteroatoms. The van der Waals surface area contributed by atoms with Gasteiger partial charge in [-0.05, 0) is 48.9 Å². The fourth-order valence-electron chi connectivity index (χ4n) is 2.90. The average molecular weight is 428 g/mol. The van der Waals surface area contributed by atoms with Gasteiger partial charge in [-0.2, -0.15) is 0 Å². The van der Waals surface area contributed by atoms with Crippen molar-refractivity contribution in [3.05, 3.63) is 53.6 Å². The molecule has 0 aromatic heterocycles. The second-order valence-corrected chi connectivity index (χ2v) is 7.91. The predicted molar refractivity (Wildman–Crippen MR) is 117 cm³/mol. The van der Waals surface area contributed by atoms with Crippen molar-refractivity contribution in [2.75, 3.05) is 17.7 Å². The van der Waals surface area contributed by atoms with E-state index in [1.165, 1.54) is 24.6 Å². The van der Waals surface area contributed by atoms with Crippen LogP contribution in [-0.4, -0.2) is 30.1 Å². The summed E-state index contributed by atoms with van der Waals surface area (Å²) in [6.45, 7) is 2.82. The first-order chi connectivity index (χ1) is 14.6. The quantitative estimate of drug-likeness (QED) is 0.440. The van der Waals surface area contributed by atoms with Crippen LogP contribution in [0, 0.1) is 0 Å². The van der Waals surface area contributed by atoms with E-state index in [1.54, 1.807) is 42.5 Å². The number of hydrogen-bond donors (Lipinski definition) is 3. The van der Waals surface area contributed by atoms with Gasteiger partial charge in [0.25, 0.3) is 11.8 Å². The fraction of sp³-hybridized carbons (Fsp3) is 0.318. The van der Waals surface area contributed by atoms with Crippen molar-refractivity contribution in [3.63, 3.8) is 0 Å². The molecular formula is C22H25N3O4S. The van der Waals surface area contributed by atoms with Gasteiger partial charge < -0.3 is 10.1 Å². The van der Waals surface area contributed by atoms with Crippen molar-refractivity contribution in [2.45, 2.75) is 37.5 Å². The van der Waals surface area contributed by atoms with E-state index in [0.717, 1.165) is 17.7 Å². The van der Waals surface area contributed by atoms with Gasteiger partial charge in [-0.1, -0.05) is 26.2 Å².